The van der Waals surface area contributed by atoms with Gasteiger partial charge in [-0.25, -0.2) is 13.1 Å². The lowest BCUT2D eigenvalue weighted by molar-refractivity contribution is -0.140. The van der Waals surface area contributed by atoms with Crippen molar-refractivity contribution in [2.45, 2.75) is 63.2 Å². The number of unbranched alkanes of at least 4 members (excludes halogenated alkanes) is 2. The van der Waals surface area contributed by atoms with Crippen molar-refractivity contribution in [1.29, 1.82) is 0 Å². The number of carbonyl (C=O) groups excluding carboxylic acids is 2. The summed E-state index contributed by atoms with van der Waals surface area (Å²) in [6.07, 6.45) is 2.74. The van der Waals surface area contributed by atoms with Gasteiger partial charge in [-0.15, -0.1) is 0 Å². The van der Waals surface area contributed by atoms with Gasteiger partial charge in [-0.05, 0) is 36.0 Å². The number of esters is 1. The third kappa shape index (κ3) is 8.84. The Morgan fingerprint density at radius 1 is 0.964 bits per heavy atom. The van der Waals surface area contributed by atoms with Crippen LogP contribution in [0.3, 0.4) is 0 Å². The van der Waals surface area contributed by atoms with E-state index in [2.05, 4.69) is 35.5 Å². The summed E-state index contributed by atoms with van der Waals surface area (Å²) in [4.78, 5) is 22.9. The van der Waals surface area contributed by atoms with Gasteiger partial charge in [0.15, 0.2) is 0 Å². The van der Waals surface area contributed by atoms with Crippen molar-refractivity contribution in [3.8, 4) is 0 Å². The Kier molecular flexibility index (Phi) is 9.61. The zero-order chi connectivity index (χ0) is 21.2. The molecule has 0 fully saturated rings. The van der Waals surface area contributed by atoms with E-state index in [4.69, 9.17) is 0 Å². The highest BCUT2D eigenvalue weighted by atomic mass is 32.2. The van der Waals surface area contributed by atoms with Gasteiger partial charge >= 0.3 is 5.97 Å². The van der Waals surface area contributed by atoms with E-state index in [1.807, 2.05) is 12.1 Å². The van der Waals surface area contributed by atoms with E-state index in [0.717, 1.165) is 24.8 Å². The van der Waals surface area contributed by atoms with E-state index in [1.165, 1.54) is 7.11 Å². The van der Waals surface area contributed by atoms with Crippen LogP contribution >= 0.6 is 0 Å². The van der Waals surface area contributed by atoms with Gasteiger partial charge in [0.05, 0.1) is 12.0 Å². The van der Waals surface area contributed by atoms with Crippen molar-refractivity contribution in [3.05, 3.63) is 29.8 Å². The number of hydrogen-bond donors (Lipinski definition) is 2. The number of rotatable bonds is 11. The summed E-state index contributed by atoms with van der Waals surface area (Å²) in [6, 6.07) is 6.78. The lowest BCUT2D eigenvalue weighted by Crippen LogP contribution is -2.31. The average Bonchev–Trinajstić information content (AvgIpc) is 2.63. The summed E-state index contributed by atoms with van der Waals surface area (Å²) in [5, 5.41) is 2.74. The monoisotopic (exact) mass is 412 g/mol. The SMILES string of the molecule is COC(=O)CCCCCNC(=O)CCNS(=O)(=O)c1ccc(C(C)(C)C)cc1. The van der Waals surface area contributed by atoms with E-state index in [-0.39, 0.29) is 35.2 Å². The first-order valence-corrected chi connectivity index (χ1v) is 11.0. The molecule has 1 rings (SSSR count). The van der Waals surface area contributed by atoms with Gasteiger partial charge in [-0.3, -0.25) is 9.59 Å². The predicted octanol–water partition coefficient (Wildman–Crippen LogP) is 2.50. The molecule has 0 aliphatic heterocycles. The molecule has 0 bridgehead atoms. The minimum absolute atomic E-state index is 0.0392. The average molecular weight is 413 g/mol. The second-order valence-corrected chi connectivity index (χ2v) is 9.43. The standard InChI is InChI=1S/C20H32N2O5S/c1-20(2,3)16-9-11-17(12-10-16)28(25,26)22-15-13-18(23)21-14-7-5-6-8-19(24)27-4/h9-12,22H,5-8,13-15H2,1-4H3,(H,21,23). The second kappa shape index (κ2) is 11.2. The number of hydrogen-bond acceptors (Lipinski definition) is 5. The van der Waals surface area contributed by atoms with Gasteiger partial charge in [-0.1, -0.05) is 39.3 Å². The summed E-state index contributed by atoms with van der Waals surface area (Å²) in [6.45, 7) is 6.73. The molecule has 0 saturated carbocycles. The normalized spacial score (nSPS) is 11.9. The Bertz CT molecular complexity index is 737. The molecule has 0 aliphatic carbocycles. The Labute approximate surface area is 168 Å². The largest absolute Gasteiger partial charge is 0.469 e. The highest BCUT2D eigenvalue weighted by Crippen LogP contribution is 2.23. The highest BCUT2D eigenvalue weighted by Gasteiger charge is 2.17. The van der Waals surface area contributed by atoms with Crippen LogP contribution in [0.4, 0.5) is 0 Å². The zero-order valence-corrected chi connectivity index (χ0v) is 18.0. The first kappa shape index (κ1) is 24.1. The molecule has 0 heterocycles. The summed E-state index contributed by atoms with van der Waals surface area (Å²) in [5.74, 6) is -0.442. The van der Waals surface area contributed by atoms with Crippen LogP contribution in [0.1, 0.15) is 58.4 Å². The number of carbonyl (C=O) groups is 2. The molecule has 0 unspecified atom stereocenters. The molecule has 7 nitrogen and oxygen atoms in total. The summed E-state index contributed by atoms with van der Waals surface area (Å²) >= 11 is 0. The number of sulfonamides is 1. The maximum absolute atomic E-state index is 12.3. The number of nitrogens with one attached hydrogen (secondary N) is 2. The molecule has 0 saturated heterocycles. The molecule has 158 valence electrons. The van der Waals surface area contributed by atoms with Gasteiger partial charge in [0.1, 0.15) is 0 Å². The van der Waals surface area contributed by atoms with Crippen LogP contribution in [0.5, 0.6) is 0 Å². The topological polar surface area (TPSA) is 102 Å². The summed E-state index contributed by atoms with van der Waals surface area (Å²) < 4.78 is 31.6. The van der Waals surface area contributed by atoms with Crippen LogP contribution in [0.2, 0.25) is 0 Å². The number of benzene rings is 1. The summed E-state index contributed by atoms with van der Waals surface area (Å²) in [5.41, 5.74) is 1.00. The van der Waals surface area contributed by atoms with Crippen LogP contribution in [0, 0.1) is 0 Å². The summed E-state index contributed by atoms with van der Waals surface area (Å²) in [7, 11) is -2.28. The molecule has 0 atom stereocenters. The van der Waals surface area contributed by atoms with Crippen molar-refractivity contribution in [1.82, 2.24) is 10.0 Å². The van der Waals surface area contributed by atoms with E-state index in [9.17, 15) is 18.0 Å². The molecular formula is C20H32N2O5S. The smallest absolute Gasteiger partial charge is 0.305 e. The van der Waals surface area contributed by atoms with Crippen LogP contribution < -0.4 is 10.0 Å². The third-order valence-electron chi connectivity index (χ3n) is 4.28. The zero-order valence-electron chi connectivity index (χ0n) is 17.2. The molecule has 0 radical (unpaired) electrons. The number of methoxy groups -OCH3 is 1. The second-order valence-electron chi connectivity index (χ2n) is 7.66. The fourth-order valence-corrected chi connectivity index (χ4v) is 3.54. The van der Waals surface area contributed by atoms with Crippen LogP contribution in [0.15, 0.2) is 29.2 Å². The van der Waals surface area contributed by atoms with Crippen molar-refractivity contribution in [2.24, 2.45) is 0 Å². The van der Waals surface area contributed by atoms with Crippen molar-refractivity contribution < 1.29 is 22.7 Å². The lowest BCUT2D eigenvalue weighted by atomic mass is 9.87. The molecular weight excluding hydrogens is 380 g/mol. The molecule has 2 N–H and O–H groups in total. The maximum atomic E-state index is 12.3. The van der Waals surface area contributed by atoms with Gasteiger partial charge in [0.2, 0.25) is 15.9 Å². The fourth-order valence-electron chi connectivity index (χ4n) is 2.51. The molecule has 0 aromatic heterocycles. The van der Waals surface area contributed by atoms with Crippen molar-refractivity contribution >= 4 is 21.9 Å². The lowest BCUT2D eigenvalue weighted by Gasteiger charge is -2.19. The van der Waals surface area contributed by atoms with E-state index < -0.39 is 10.0 Å². The minimum atomic E-state index is -3.64. The Balaban J connectivity index is 2.30. The first-order chi connectivity index (χ1) is 13.1. The first-order valence-electron chi connectivity index (χ1n) is 9.50. The van der Waals surface area contributed by atoms with Crippen LogP contribution in [-0.4, -0.2) is 40.5 Å². The Morgan fingerprint density at radius 3 is 2.18 bits per heavy atom. The molecule has 1 aromatic rings. The van der Waals surface area contributed by atoms with Gasteiger partial charge in [-0.2, -0.15) is 0 Å². The van der Waals surface area contributed by atoms with Crippen LogP contribution in [0.25, 0.3) is 0 Å². The van der Waals surface area contributed by atoms with E-state index in [1.54, 1.807) is 12.1 Å². The Morgan fingerprint density at radius 2 is 1.61 bits per heavy atom. The molecule has 8 heteroatoms. The minimum Gasteiger partial charge on any atom is -0.469 e. The predicted molar refractivity (Wildman–Crippen MR) is 108 cm³/mol. The highest BCUT2D eigenvalue weighted by molar-refractivity contribution is 7.89. The number of ether oxygens (including phenoxy) is 1. The molecule has 1 aromatic carbocycles. The third-order valence-corrected chi connectivity index (χ3v) is 5.76. The molecule has 1 amide bonds. The van der Waals surface area contributed by atoms with E-state index >= 15 is 0 Å². The molecule has 0 spiro atoms. The fraction of sp³-hybridized carbons (Fsp3) is 0.600. The quantitative estimate of drug-likeness (QED) is 0.429. The Hall–Kier alpha value is -1.93. The van der Waals surface area contributed by atoms with Gasteiger partial charge in [0, 0.05) is 25.9 Å². The molecule has 28 heavy (non-hydrogen) atoms. The number of amides is 1. The van der Waals surface area contributed by atoms with Crippen molar-refractivity contribution in [3.63, 3.8) is 0 Å². The van der Waals surface area contributed by atoms with Crippen molar-refractivity contribution in [2.75, 3.05) is 20.2 Å². The molecule has 0 aliphatic rings. The van der Waals surface area contributed by atoms with Crippen LogP contribution in [-0.2, 0) is 29.8 Å². The van der Waals surface area contributed by atoms with Gasteiger partial charge < -0.3 is 10.1 Å². The van der Waals surface area contributed by atoms with E-state index in [0.29, 0.717) is 13.0 Å². The van der Waals surface area contributed by atoms with Gasteiger partial charge in [0.25, 0.3) is 0 Å². The maximum Gasteiger partial charge on any atom is 0.305 e.